The molecule has 2 nitrogen and oxygen atoms in total. The molecule has 0 rings (SSSR count). The highest BCUT2D eigenvalue weighted by molar-refractivity contribution is 6.04. The summed E-state index contributed by atoms with van der Waals surface area (Å²) in [5.74, 6) is 0.0363. The van der Waals surface area contributed by atoms with Gasteiger partial charge in [-0.05, 0) is 53.2 Å². The average Bonchev–Trinajstić information content (AvgIpc) is 2.22. The van der Waals surface area contributed by atoms with Crippen LogP contribution in [-0.4, -0.2) is 16.5 Å². The SMILES string of the molecule is CC(C)=C(C)C(=O)/C=C/C(C)=C/C=C/C(C)(C)O. The third kappa shape index (κ3) is 7.80. The van der Waals surface area contributed by atoms with Crippen LogP contribution in [0.5, 0.6) is 0 Å². The van der Waals surface area contributed by atoms with Crippen molar-refractivity contribution >= 4 is 5.78 Å². The van der Waals surface area contributed by atoms with Crippen LogP contribution in [0.25, 0.3) is 0 Å². The Morgan fingerprint density at radius 2 is 1.61 bits per heavy atom. The minimum atomic E-state index is -0.811. The van der Waals surface area contributed by atoms with E-state index in [1.165, 1.54) is 0 Å². The van der Waals surface area contributed by atoms with Crippen molar-refractivity contribution in [2.45, 2.75) is 47.1 Å². The minimum absolute atomic E-state index is 0.0363. The summed E-state index contributed by atoms with van der Waals surface area (Å²) in [6.07, 6.45) is 8.71. The fourth-order valence-electron chi connectivity index (χ4n) is 1.07. The lowest BCUT2D eigenvalue weighted by molar-refractivity contribution is -0.111. The van der Waals surface area contributed by atoms with E-state index in [-0.39, 0.29) is 5.78 Å². The van der Waals surface area contributed by atoms with Gasteiger partial charge in [-0.1, -0.05) is 35.5 Å². The molecule has 0 aromatic rings. The maximum absolute atomic E-state index is 11.7. The number of carbonyl (C=O) groups is 1. The zero-order valence-corrected chi connectivity index (χ0v) is 12.2. The lowest BCUT2D eigenvalue weighted by Crippen LogP contribution is -2.13. The first kappa shape index (κ1) is 16.6. The summed E-state index contributed by atoms with van der Waals surface area (Å²) in [6.45, 7) is 11.0. The second kappa shape index (κ2) is 7.12. The lowest BCUT2D eigenvalue weighted by Gasteiger charge is -2.08. The summed E-state index contributed by atoms with van der Waals surface area (Å²) in [4.78, 5) is 11.7. The van der Waals surface area contributed by atoms with Crippen LogP contribution in [0.15, 0.2) is 47.1 Å². The molecule has 0 aliphatic rings. The van der Waals surface area contributed by atoms with E-state index >= 15 is 0 Å². The molecule has 0 heterocycles. The highest BCUT2D eigenvalue weighted by Gasteiger charge is 2.04. The van der Waals surface area contributed by atoms with Gasteiger partial charge in [0.1, 0.15) is 0 Å². The first-order valence-electron chi connectivity index (χ1n) is 6.08. The van der Waals surface area contributed by atoms with Crippen LogP contribution < -0.4 is 0 Å². The van der Waals surface area contributed by atoms with Crippen molar-refractivity contribution < 1.29 is 9.90 Å². The summed E-state index contributed by atoms with van der Waals surface area (Å²) in [5, 5.41) is 9.49. The Balaban J connectivity index is 4.64. The molecular weight excluding hydrogens is 224 g/mol. The maximum Gasteiger partial charge on any atom is 0.181 e. The molecule has 0 aromatic carbocycles. The average molecular weight is 248 g/mol. The van der Waals surface area contributed by atoms with Crippen molar-refractivity contribution in [2.24, 2.45) is 0 Å². The number of aliphatic hydroxyl groups is 1. The van der Waals surface area contributed by atoms with Gasteiger partial charge in [0.15, 0.2) is 5.78 Å². The lowest BCUT2D eigenvalue weighted by atomic mass is 10.1. The molecule has 0 atom stereocenters. The van der Waals surface area contributed by atoms with E-state index in [0.29, 0.717) is 0 Å². The van der Waals surface area contributed by atoms with E-state index in [1.807, 2.05) is 33.8 Å². The highest BCUT2D eigenvalue weighted by atomic mass is 16.3. The fourth-order valence-corrected chi connectivity index (χ4v) is 1.07. The van der Waals surface area contributed by atoms with Gasteiger partial charge in [0.05, 0.1) is 5.60 Å². The molecule has 0 unspecified atom stereocenters. The molecule has 0 aromatic heterocycles. The molecule has 0 spiro atoms. The summed E-state index contributed by atoms with van der Waals surface area (Å²) in [7, 11) is 0. The molecule has 1 N–H and O–H groups in total. The fraction of sp³-hybridized carbons (Fsp3) is 0.438. The molecule has 2 heteroatoms. The van der Waals surface area contributed by atoms with Gasteiger partial charge in [0, 0.05) is 0 Å². The van der Waals surface area contributed by atoms with Crippen LogP contribution in [0.4, 0.5) is 0 Å². The molecule has 0 fully saturated rings. The number of carbonyl (C=O) groups excluding carboxylic acids is 1. The third-order valence-electron chi connectivity index (χ3n) is 2.48. The first-order valence-corrected chi connectivity index (χ1v) is 6.08. The van der Waals surface area contributed by atoms with Crippen molar-refractivity contribution in [3.05, 3.63) is 47.1 Å². The first-order chi connectivity index (χ1) is 8.13. The van der Waals surface area contributed by atoms with Crippen molar-refractivity contribution in [3.8, 4) is 0 Å². The maximum atomic E-state index is 11.7. The predicted molar refractivity (Wildman–Crippen MR) is 77.4 cm³/mol. The Morgan fingerprint density at radius 3 is 2.06 bits per heavy atom. The normalized spacial score (nSPS) is 13.4. The summed E-state index contributed by atoms with van der Waals surface area (Å²) in [5.41, 5.74) is 1.97. The molecule has 0 saturated heterocycles. The van der Waals surface area contributed by atoms with Crippen LogP contribution in [0.2, 0.25) is 0 Å². The van der Waals surface area contributed by atoms with Gasteiger partial charge in [-0.2, -0.15) is 0 Å². The van der Waals surface area contributed by atoms with E-state index in [9.17, 15) is 9.90 Å². The standard InChI is InChI=1S/C16H24O2/c1-12(2)14(4)15(17)10-9-13(3)8-7-11-16(5,6)18/h7-11,18H,1-6H3/b10-9+,11-7+,13-8+. The number of ketones is 1. The van der Waals surface area contributed by atoms with Crippen LogP contribution in [0, 0.1) is 0 Å². The Labute approximate surface area is 110 Å². The Kier molecular flexibility index (Phi) is 6.56. The minimum Gasteiger partial charge on any atom is -0.386 e. The molecule has 0 aliphatic heterocycles. The Hall–Kier alpha value is -1.41. The monoisotopic (exact) mass is 248 g/mol. The largest absolute Gasteiger partial charge is 0.386 e. The molecule has 0 amide bonds. The summed E-state index contributed by atoms with van der Waals surface area (Å²) >= 11 is 0. The molecule has 0 bridgehead atoms. The van der Waals surface area contributed by atoms with Gasteiger partial charge in [0.2, 0.25) is 0 Å². The van der Waals surface area contributed by atoms with Crippen molar-refractivity contribution in [1.29, 1.82) is 0 Å². The van der Waals surface area contributed by atoms with E-state index in [1.54, 1.807) is 38.2 Å². The zero-order valence-electron chi connectivity index (χ0n) is 12.2. The number of allylic oxidation sites excluding steroid dienone is 7. The molecule has 18 heavy (non-hydrogen) atoms. The number of hydrogen-bond acceptors (Lipinski definition) is 2. The van der Waals surface area contributed by atoms with E-state index in [2.05, 4.69) is 0 Å². The molecule has 100 valence electrons. The topological polar surface area (TPSA) is 37.3 Å². The summed E-state index contributed by atoms with van der Waals surface area (Å²) in [6, 6.07) is 0. The quantitative estimate of drug-likeness (QED) is 0.594. The molecule has 0 radical (unpaired) electrons. The van der Waals surface area contributed by atoms with Gasteiger partial charge in [-0.3, -0.25) is 4.79 Å². The predicted octanol–water partition coefficient (Wildman–Crippen LogP) is 3.74. The van der Waals surface area contributed by atoms with Crippen molar-refractivity contribution in [3.63, 3.8) is 0 Å². The van der Waals surface area contributed by atoms with Crippen LogP contribution in [0.3, 0.4) is 0 Å². The second-order valence-corrected chi connectivity index (χ2v) is 5.25. The van der Waals surface area contributed by atoms with Crippen LogP contribution >= 0.6 is 0 Å². The zero-order chi connectivity index (χ0) is 14.3. The number of hydrogen-bond donors (Lipinski definition) is 1. The van der Waals surface area contributed by atoms with Crippen molar-refractivity contribution in [2.75, 3.05) is 0 Å². The Morgan fingerprint density at radius 1 is 1.06 bits per heavy atom. The van der Waals surface area contributed by atoms with Gasteiger partial charge in [-0.15, -0.1) is 0 Å². The second-order valence-electron chi connectivity index (χ2n) is 5.25. The van der Waals surface area contributed by atoms with Gasteiger partial charge >= 0.3 is 0 Å². The van der Waals surface area contributed by atoms with E-state index in [4.69, 9.17) is 0 Å². The molecule has 0 aliphatic carbocycles. The van der Waals surface area contributed by atoms with Gasteiger partial charge < -0.3 is 5.11 Å². The Bertz CT molecular complexity index is 409. The summed E-state index contributed by atoms with van der Waals surface area (Å²) < 4.78 is 0. The third-order valence-corrected chi connectivity index (χ3v) is 2.48. The van der Waals surface area contributed by atoms with Gasteiger partial charge in [-0.25, -0.2) is 0 Å². The molecule has 0 saturated carbocycles. The van der Waals surface area contributed by atoms with Gasteiger partial charge in [0.25, 0.3) is 0 Å². The van der Waals surface area contributed by atoms with E-state index in [0.717, 1.165) is 16.7 Å². The highest BCUT2D eigenvalue weighted by Crippen LogP contribution is 2.06. The molecular formula is C16H24O2. The van der Waals surface area contributed by atoms with Crippen LogP contribution in [0.1, 0.15) is 41.5 Å². The smallest absolute Gasteiger partial charge is 0.181 e. The van der Waals surface area contributed by atoms with Crippen LogP contribution in [-0.2, 0) is 4.79 Å². The van der Waals surface area contributed by atoms with E-state index < -0.39 is 5.60 Å². The number of rotatable bonds is 5. The van der Waals surface area contributed by atoms with Crippen molar-refractivity contribution in [1.82, 2.24) is 0 Å².